The first-order valence-electron chi connectivity index (χ1n) is 1.13. The van der Waals surface area contributed by atoms with E-state index in [0.29, 0.717) is 0 Å². The quantitative estimate of drug-likeness (QED) is 0.250. The Labute approximate surface area is 64.3 Å². The topological polar surface area (TPSA) is 23.8 Å². The molecule has 6 heavy (non-hydrogen) atoms. The molecule has 0 radical (unpaired) electrons. The van der Waals surface area contributed by atoms with E-state index in [1.165, 1.54) is 5.40 Å². The van der Waals surface area contributed by atoms with Crippen LogP contribution in [0.5, 0.6) is 0 Å². The van der Waals surface area contributed by atoms with Gasteiger partial charge in [0.1, 0.15) is 0 Å². The van der Waals surface area contributed by atoms with E-state index in [4.69, 9.17) is 5.26 Å². The first-order chi connectivity index (χ1) is 2.41. The van der Waals surface area contributed by atoms with Crippen LogP contribution in [0.2, 0.25) is 0 Å². The minimum atomic E-state index is 0. The Morgan fingerprint density at radius 1 is 1.67 bits per heavy atom. The standard InChI is InChI=1S/C2H5.CHNS.Cd/c1-2;2-1-3;/h1H2,2H3;3H;/q-1;;+2/p-1. The van der Waals surface area contributed by atoms with Crippen molar-refractivity contribution in [2.45, 2.75) is 6.92 Å². The summed E-state index contributed by atoms with van der Waals surface area (Å²) in [4.78, 5) is 0. The zero-order chi connectivity index (χ0) is 4.71. The number of hydrogen-bond acceptors (Lipinski definition) is 2. The first-order valence-corrected chi connectivity index (χ1v) is 1.54. The van der Waals surface area contributed by atoms with Crippen molar-refractivity contribution >= 4 is 12.6 Å². The Bertz CT molecular complexity index is 32.3. The summed E-state index contributed by atoms with van der Waals surface area (Å²) in [5.41, 5.74) is 0. The van der Waals surface area contributed by atoms with Crippen LogP contribution in [0.3, 0.4) is 0 Å². The van der Waals surface area contributed by atoms with Crippen molar-refractivity contribution in [2.75, 3.05) is 0 Å². The molecular weight excluding hydrogens is 195 g/mol. The molecule has 0 heterocycles. The van der Waals surface area contributed by atoms with E-state index in [1.807, 2.05) is 0 Å². The van der Waals surface area contributed by atoms with Crippen LogP contribution in [0.25, 0.3) is 0 Å². The molecule has 0 saturated heterocycles. The van der Waals surface area contributed by atoms with Crippen LogP contribution in [0, 0.1) is 17.6 Å². The van der Waals surface area contributed by atoms with Crippen molar-refractivity contribution in [3.8, 4) is 5.40 Å². The number of nitriles is 1. The summed E-state index contributed by atoms with van der Waals surface area (Å²) in [7, 11) is 0. The molecule has 0 aliphatic carbocycles. The molecular formula is C3H5CdNS. The third-order valence-corrected chi connectivity index (χ3v) is 0. The summed E-state index contributed by atoms with van der Waals surface area (Å²) in [5.74, 6) is 0. The molecule has 0 aliphatic heterocycles. The summed E-state index contributed by atoms with van der Waals surface area (Å²) in [6, 6.07) is 0. The molecule has 1 nitrogen and oxygen atoms in total. The van der Waals surface area contributed by atoms with Crippen molar-refractivity contribution in [1.82, 2.24) is 0 Å². The van der Waals surface area contributed by atoms with Crippen LogP contribution >= 0.6 is 0 Å². The maximum Gasteiger partial charge on any atom is 2.00 e. The van der Waals surface area contributed by atoms with Gasteiger partial charge in [-0.15, -0.1) is 0 Å². The van der Waals surface area contributed by atoms with Gasteiger partial charge in [0.05, 0.1) is 0 Å². The SMILES string of the molecule is N#C[S-].[CH2-]C.[Cd+2]. The summed E-state index contributed by atoms with van der Waals surface area (Å²) in [6.45, 7) is 5.00. The number of thiocyanates is 1. The van der Waals surface area contributed by atoms with Crippen LogP contribution < -0.4 is 0 Å². The van der Waals surface area contributed by atoms with Gasteiger partial charge in [-0.2, -0.15) is 6.92 Å². The molecule has 0 amide bonds. The first kappa shape index (κ1) is 15.9. The average molecular weight is 200 g/mol. The van der Waals surface area contributed by atoms with Crippen molar-refractivity contribution in [3.63, 3.8) is 0 Å². The van der Waals surface area contributed by atoms with Gasteiger partial charge in [0.25, 0.3) is 0 Å². The monoisotopic (exact) mass is 201 g/mol. The van der Waals surface area contributed by atoms with Gasteiger partial charge in [-0.3, -0.25) is 0 Å². The van der Waals surface area contributed by atoms with Gasteiger partial charge in [0, 0.05) is 0 Å². The molecule has 0 bridgehead atoms. The van der Waals surface area contributed by atoms with Gasteiger partial charge in [-0.1, -0.05) is 5.40 Å². The average Bonchev–Trinajstić information content (AvgIpc) is 1.46. The Morgan fingerprint density at radius 3 is 1.67 bits per heavy atom. The molecule has 0 aromatic carbocycles. The van der Waals surface area contributed by atoms with E-state index in [2.05, 4.69) is 19.6 Å². The van der Waals surface area contributed by atoms with Crippen LogP contribution in [-0.2, 0) is 39.9 Å². The van der Waals surface area contributed by atoms with E-state index in [9.17, 15) is 0 Å². The van der Waals surface area contributed by atoms with Gasteiger partial charge < -0.3 is 19.6 Å². The minimum Gasteiger partial charge on any atom is -0.696 e. The molecule has 0 spiro atoms. The molecule has 0 rings (SSSR count). The molecule has 0 aromatic heterocycles. The number of hydrogen-bond donors (Lipinski definition) is 0. The van der Waals surface area contributed by atoms with Crippen molar-refractivity contribution < 1.29 is 27.3 Å². The largest absolute Gasteiger partial charge is 2.00 e. The van der Waals surface area contributed by atoms with Gasteiger partial charge in [-0.05, 0) is 0 Å². The van der Waals surface area contributed by atoms with E-state index >= 15 is 0 Å². The third-order valence-electron chi connectivity index (χ3n) is 0. The summed E-state index contributed by atoms with van der Waals surface area (Å²) >= 11 is 3.70. The second kappa shape index (κ2) is 45.4. The number of nitrogens with zero attached hydrogens (tertiary/aromatic N) is 1. The van der Waals surface area contributed by atoms with Crippen LogP contribution in [0.1, 0.15) is 6.92 Å². The minimum absolute atomic E-state index is 0. The van der Waals surface area contributed by atoms with E-state index in [-0.39, 0.29) is 27.3 Å². The van der Waals surface area contributed by atoms with E-state index in [0.717, 1.165) is 0 Å². The van der Waals surface area contributed by atoms with Crippen LogP contribution in [0.15, 0.2) is 0 Å². The Kier molecular flexibility index (Phi) is 121. The molecule has 3 heteroatoms. The van der Waals surface area contributed by atoms with Crippen molar-refractivity contribution in [3.05, 3.63) is 6.92 Å². The molecule has 0 N–H and O–H groups in total. The molecule has 0 aromatic rings. The van der Waals surface area contributed by atoms with Gasteiger partial charge in [-0.25, -0.2) is 5.26 Å². The van der Waals surface area contributed by atoms with E-state index in [1.54, 1.807) is 6.92 Å². The van der Waals surface area contributed by atoms with Gasteiger partial charge >= 0.3 is 27.3 Å². The van der Waals surface area contributed by atoms with Gasteiger partial charge in [0.15, 0.2) is 0 Å². The Morgan fingerprint density at radius 2 is 1.67 bits per heavy atom. The maximum absolute atomic E-state index is 7.13. The summed E-state index contributed by atoms with van der Waals surface area (Å²) in [6.07, 6.45) is 0. The van der Waals surface area contributed by atoms with Crippen molar-refractivity contribution in [2.24, 2.45) is 0 Å². The third kappa shape index (κ3) is 153. The van der Waals surface area contributed by atoms with E-state index < -0.39 is 0 Å². The zero-order valence-electron chi connectivity index (χ0n) is 3.77. The molecule has 0 fully saturated rings. The molecule has 0 unspecified atom stereocenters. The fraction of sp³-hybridized carbons (Fsp3) is 0.333. The maximum atomic E-state index is 7.13. The molecule has 0 atom stereocenters. The zero-order valence-corrected chi connectivity index (χ0v) is 8.62. The second-order valence-electron chi connectivity index (χ2n) is 0.0913. The molecule has 30 valence electrons. The summed E-state index contributed by atoms with van der Waals surface area (Å²) < 4.78 is 0. The Hall–Kier alpha value is 0.632. The smallest absolute Gasteiger partial charge is 0.696 e. The van der Waals surface area contributed by atoms with Crippen LogP contribution in [-0.4, -0.2) is 0 Å². The molecule has 0 saturated carbocycles. The normalized spacial score (nSPS) is 2.17. The van der Waals surface area contributed by atoms with Gasteiger partial charge in [0.2, 0.25) is 0 Å². The van der Waals surface area contributed by atoms with Crippen molar-refractivity contribution in [1.29, 1.82) is 5.26 Å². The molecule has 0 aliphatic rings. The fourth-order valence-corrected chi connectivity index (χ4v) is 0. The number of rotatable bonds is 0. The fourth-order valence-electron chi connectivity index (χ4n) is 0. The predicted molar refractivity (Wildman–Crippen MR) is 24.0 cm³/mol. The Balaban J connectivity index is -0.0000000275. The second-order valence-corrected chi connectivity index (χ2v) is 0.274. The summed E-state index contributed by atoms with van der Waals surface area (Å²) in [5, 5.41) is 8.47. The van der Waals surface area contributed by atoms with Crippen LogP contribution in [0.4, 0.5) is 0 Å². The predicted octanol–water partition coefficient (Wildman–Crippen LogP) is 0.852.